The predicted octanol–water partition coefficient (Wildman–Crippen LogP) is 4.33. The van der Waals surface area contributed by atoms with Crippen LogP contribution in [0.25, 0.3) is 0 Å². The molecule has 3 aliphatic heterocycles. The van der Waals surface area contributed by atoms with Gasteiger partial charge in [-0.3, -0.25) is 19.2 Å². The predicted molar refractivity (Wildman–Crippen MR) is 196 cm³/mol. The summed E-state index contributed by atoms with van der Waals surface area (Å²) in [5.74, 6) is -3.74. The van der Waals surface area contributed by atoms with Crippen molar-refractivity contribution in [3.63, 3.8) is 0 Å². The van der Waals surface area contributed by atoms with Crippen LogP contribution in [0.2, 0.25) is 0 Å². The van der Waals surface area contributed by atoms with Gasteiger partial charge in [-0.25, -0.2) is 0 Å². The number of fused-ring (bicyclic) bond motifs is 1. The highest BCUT2D eigenvalue weighted by Gasteiger charge is 2.77. The van der Waals surface area contributed by atoms with Crippen LogP contribution in [0.15, 0.2) is 73.8 Å². The maximum absolute atomic E-state index is 14.9. The van der Waals surface area contributed by atoms with Crippen LogP contribution >= 0.6 is 15.9 Å². The van der Waals surface area contributed by atoms with E-state index >= 15 is 0 Å². The Morgan fingerprint density at radius 1 is 1.18 bits per heavy atom. The van der Waals surface area contributed by atoms with Gasteiger partial charge in [0.15, 0.2) is 0 Å². The van der Waals surface area contributed by atoms with Crippen molar-refractivity contribution >= 4 is 45.3 Å². The first kappa shape index (κ1) is 38.4. The Morgan fingerprint density at radius 3 is 2.59 bits per heavy atom. The third-order valence-electron chi connectivity index (χ3n) is 10.1. The Balaban J connectivity index is 1.53. The number of ether oxygens (including phenoxy) is 3. The van der Waals surface area contributed by atoms with E-state index in [0.717, 1.165) is 11.1 Å². The minimum atomic E-state index is -1.34. The Morgan fingerprint density at radius 2 is 1.92 bits per heavy atom. The molecule has 0 aromatic heterocycles. The quantitative estimate of drug-likeness (QED) is 0.138. The summed E-state index contributed by atoms with van der Waals surface area (Å²) in [6, 6.07) is 13.1. The van der Waals surface area contributed by atoms with Crippen molar-refractivity contribution in [3.05, 3.63) is 90.5 Å². The number of aryl methyl sites for hydroxylation is 2. The van der Waals surface area contributed by atoms with Crippen molar-refractivity contribution in [1.82, 2.24) is 10.2 Å². The van der Waals surface area contributed by atoms with Crippen molar-refractivity contribution in [3.8, 4) is 0 Å². The molecule has 51 heavy (non-hydrogen) atoms. The van der Waals surface area contributed by atoms with Gasteiger partial charge in [0.25, 0.3) is 5.91 Å². The molecule has 3 fully saturated rings. The van der Waals surface area contributed by atoms with Crippen LogP contribution in [0.1, 0.15) is 48.5 Å². The lowest BCUT2D eigenvalue weighted by Gasteiger charge is -2.37. The molecule has 8 atom stereocenters. The zero-order valence-corrected chi connectivity index (χ0v) is 31.0. The summed E-state index contributed by atoms with van der Waals surface area (Å²) in [6.07, 6.45) is 2.80. The number of halogens is 1. The summed E-state index contributed by atoms with van der Waals surface area (Å²) in [5, 5.41) is 12.8. The molecule has 3 heterocycles. The highest BCUT2D eigenvalue weighted by molar-refractivity contribution is 9.09. The maximum Gasteiger partial charge on any atom is 0.313 e. The topological polar surface area (TPSA) is 135 Å². The number of amides is 3. The minimum absolute atomic E-state index is 0.0493. The molecule has 5 rings (SSSR count). The molecule has 0 radical (unpaired) electrons. The van der Waals surface area contributed by atoms with E-state index in [9.17, 15) is 24.3 Å². The minimum Gasteiger partial charge on any atom is -0.455 e. The fourth-order valence-corrected chi connectivity index (χ4v) is 8.82. The average Bonchev–Trinajstić information content (AvgIpc) is 3.71. The van der Waals surface area contributed by atoms with Gasteiger partial charge in [0.05, 0.1) is 30.6 Å². The second-order valence-electron chi connectivity index (χ2n) is 13.5. The number of aliphatic hydroxyl groups excluding tert-OH is 1. The summed E-state index contributed by atoms with van der Waals surface area (Å²) in [4.78, 5) is 59.6. The molecule has 274 valence electrons. The number of allylic oxidation sites excluding steroid dienone is 1. The van der Waals surface area contributed by atoms with E-state index in [0.29, 0.717) is 24.1 Å². The monoisotopic (exact) mass is 765 g/mol. The van der Waals surface area contributed by atoms with Gasteiger partial charge in [-0.05, 0) is 55.9 Å². The highest BCUT2D eigenvalue weighted by atomic mass is 79.9. The van der Waals surface area contributed by atoms with Crippen LogP contribution < -0.4 is 10.2 Å². The number of anilines is 1. The van der Waals surface area contributed by atoms with Crippen molar-refractivity contribution < 1.29 is 38.5 Å². The van der Waals surface area contributed by atoms with Gasteiger partial charge in [0.1, 0.15) is 17.7 Å². The number of rotatable bonds is 17. The Bertz CT molecular complexity index is 1620. The zero-order chi connectivity index (χ0) is 36.9. The van der Waals surface area contributed by atoms with Gasteiger partial charge in [0.2, 0.25) is 11.8 Å². The van der Waals surface area contributed by atoms with Crippen LogP contribution in [-0.2, 0) is 33.4 Å². The molecule has 2 aromatic rings. The number of carbonyl (C=O) groups excluding carboxylic acids is 4. The number of nitrogens with one attached hydrogen (secondary N) is 1. The Labute approximate surface area is 308 Å². The number of likely N-dealkylation sites (tertiary alicyclic amines) is 1. The molecule has 0 saturated carbocycles. The summed E-state index contributed by atoms with van der Waals surface area (Å²) < 4.78 is 18.5. The second-order valence-corrected chi connectivity index (χ2v) is 14.7. The second kappa shape index (κ2) is 16.7. The standard InChI is InChI=1S/C39H48BrN3O8/c1-6-8-15-30(45)41-28(23-49-5)33(26-13-10-9-11-14-26)50-38(48)31-32-36(46)43(19-12-20-44)35(39(32)22-27(40)34(31)51-39)37(47)42(18-7-2)29-21-24(3)16-17-25(29)4/h6-7,9-11,13-14,16-17,21,27-28,31-35,44H,1-2,8,12,15,18-20,22-23H2,3-5H3,(H,41,45)/t27?,28-,31-,32+,33-,34-,35-,39+/m0/s1. The molecule has 2 aromatic carbocycles. The number of carbonyl (C=O) groups is 4. The van der Waals surface area contributed by atoms with E-state index in [1.807, 2.05) is 50.2 Å². The van der Waals surface area contributed by atoms with E-state index in [2.05, 4.69) is 34.4 Å². The summed E-state index contributed by atoms with van der Waals surface area (Å²) >= 11 is 3.73. The number of benzene rings is 2. The van der Waals surface area contributed by atoms with Gasteiger partial charge < -0.3 is 34.4 Å². The lowest BCUT2D eigenvalue weighted by atomic mass is 9.70. The van der Waals surface area contributed by atoms with Crippen LogP contribution in [0.3, 0.4) is 0 Å². The van der Waals surface area contributed by atoms with E-state index < -0.39 is 53.6 Å². The molecule has 3 amide bonds. The van der Waals surface area contributed by atoms with Crippen molar-refractivity contribution in [2.75, 3.05) is 38.3 Å². The van der Waals surface area contributed by atoms with Gasteiger partial charge in [-0.1, -0.05) is 70.5 Å². The third-order valence-corrected chi connectivity index (χ3v) is 10.9. The first-order valence-corrected chi connectivity index (χ1v) is 18.3. The average molecular weight is 767 g/mol. The van der Waals surface area contributed by atoms with Gasteiger partial charge in [0, 0.05) is 43.7 Å². The van der Waals surface area contributed by atoms with E-state index in [-0.39, 0.29) is 55.8 Å². The normalized spacial score (nSPS) is 25.9. The summed E-state index contributed by atoms with van der Waals surface area (Å²) in [7, 11) is 1.50. The number of alkyl halides is 1. The van der Waals surface area contributed by atoms with Crippen molar-refractivity contribution in [1.29, 1.82) is 0 Å². The lowest BCUT2D eigenvalue weighted by Crippen LogP contribution is -2.57. The SMILES string of the molecule is C=CCCC(=O)N[C@@H](COC)[C@@H](OC(=O)[C@@H]1[C@H]2O[C@@]3(CC2Br)[C@H](C(=O)N(CC=C)c2cc(C)ccc2C)N(CCCO)C(=O)[C@@H]13)c1ccccc1. The number of methoxy groups -OCH3 is 1. The molecule has 2 N–H and O–H groups in total. The zero-order valence-electron chi connectivity index (χ0n) is 29.5. The molecule has 1 spiro atoms. The van der Waals surface area contributed by atoms with E-state index in [1.54, 1.807) is 29.2 Å². The summed E-state index contributed by atoms with van der Waals surface area (Å²) in [5.41, 5.74) is 1.83. The van der Waals surface area contributed by atoms with E-state index in [1.165, 1.54) is 12.0 Å². The van der Waals surface area contributed by atoms with Crippen molar-refractivity contribution in [2.45, 2.75) is 74.3 Å². The molecular formula is C39H48BrN3O8. The molecule has 1 unspecified atom stereocenters. The Hall–Kier alpha value is -3.84. The fourth-order valence-electron chi connectivity index (χ4n) is 7.88. The van der Waals surface area contributed by atoms with Crippen LogP contribution in [0, 0.1) is 25.7 Å². The smallest absolute Gasteiger partial charge is 0.313 e. The lowest BCUT2D eigenvalue weighted by molar-refractivity contribution is -0.163. The summed E-state index contributed by atoms with van der Waals surface area (Å²) in [6.45, 7) is 11.6. The number of nitrogens with zero attached hydrogens (tertiary/aromatic N) is 2. The highest BCUT2D eigenvalue weighted by Crippen LogP contribution is 2.60. The van der Waals surface area contributed by atoms with E-state index in [4.69, 9.17) is 14.2 Å². The first-order chi connectivity index (χ1) is 24.5. The van der Waals surface area contributed by atoms with Crippen LogP contribution in [0.4, 0.5) is 5.69 Å². The first-order valence-electron chi connectivity index (χ1n) is 17.4. The number of hydrogen-bond donors (Lipinski definition) is 2. The third kappa shape index (κ3) is 7.55. The van der Waals surface area contributed by atoms with Gasteiger partial charge in [-0.15, -0.1) is 13.2 Å². The van der Waals surface area contributed by atoms with Crippen molar-refractivity contribution in [2.24, 2.45) is 11.8 Å². The fraction of sp³-hybridized carbons (Fsp3) is 0.487. The number of esters is 1. The number of aliphatic hydroxyl groups is 1. The molecule has 2 bridgehead atoms. The largest absolute Gasteiger partial charge is 0.455 e. The molecule has 12 heteroatoms. The van der Waals surface area contributed by atoms with Gasteiger partial charge in [-0.2, -0.15) is 0 Å². The maximum atomic E-state index is 14.9. The number of hydrogen-bond acceptors (Lipinski definition) is 8. The molecule has 3 saturated heterocycles. The van der Waals surface area contributed by atoms with Crippen LogP contribution in [0.5, 0.6) is 0 Å². The van der Waals surface area contributed by atoms with Crippen LogP contribution in [-0.4, -0.2) is 95.7 Å². The molecule has 0 aliphatic carbocycles. The molecule has 11 nitrogen and oxygen atoms in total. The molecule has 3 aliphatic rings. The van der Waals surface area contributed by atoms with Gasteiger partial charge >= 0.3 is 5.97 Å². The Kier molecular flexibility index (Phi) is 12.5. The molecular weight excluding hydrogens is 718 g/mol.